The van der Waals surface area contributed by atoms with Gasteiger partial charge in [0.05, 0.1) is 0 Å². The molecule has 0 aromatic heterocycles. The van der Waals surface area contributed by atoms with Crippen LogP contribution in [-0.2, 0) is 0 Å². The van der Waals surface area contributed by atoms with Gasteiger partial charge in [0.2, 0.25) is 0 Å². The summed E-state index contributed by atoms with van der Waals surface area (Å²) in [7, 11) is 17.9. The van der Waals surface area contributed by atoms with Gasteiger partial charge in [0.25, 0.3) is 0 Å². The fraction of sp³-hybridized carbons (Fsp3) is 0.133. The Morgan fingerprint density at radius 1 is 0.900 bits per heavy atom. The summed E-state index contributed by atoms with van der Waals surface area (Å²) in [5.74, 6) is -0.0918. The Bertz CT molecular complexity index is 591. The van der Waals surface area contributed by atoms with Gasteiger partial charge in [-0.15, -0.1) is 0 Å². The number of carbonyl (C=O) groups excluding carboxylic acids is 1. The van der Waals surface area contributed by atoms with E-state index in [0.29, 0.717) is 5.56 Å². The minimum atomic E-state index is -3.54. The Morgan fingerprint density at radius 2 is 1.40 bits per heavy atom. The molecule has 5 heteroatoms. The summed E-state index contributed by atoms with van der Waals surface area (Å²) in [6, 6.07) is 17.4. The summed E-state index contributed by atoms with van der Waals surface area (Å²) in [5.41, 5.74) is 2.76. The molecule has 0 bridgehead atoms. The normalized spacial score (nSPS) is 13.8. The molecule has 2 aromatic carbocycles. The number of Topliss-reactive ketones (excluding diaryl/α,β-unsaturated/α-hetero) is 1. The van der Waals surface area contributed by atoms with Gasteiger partial charge in [-0.1, -0.05) is 0 Å². The molecule has 0 aliphatic heterocycles. The number of halogens is 3. The Hall–Kier alpha value is -0.230. The second-order valence-corrected chi connectivity index (χ2v) is 21.9. The van der Waals surface area contributed by atoms with Crippen molar-refractivity contribution in [3.8, 4) is 11.1 Å². The second-order valence-electron chi connectivity index (χ2n) is 4.39. The molecule has 0 saturated carbocycles. The van der Waals surface area contributed by atoms with E-state index in [1.54, 1.807) is 19.1 Å². The maximum absolute atomic E-state index is 12.2. The van der Waals surface area contributed by atoms with Crippen molar-refractivity contribution in [1.29, 1.82) is 0 Å². The molecule has 0 amide bonds. The average molecular weight is 443 g/mol. The third kappa shape index (κ3) is 3.91. The van der Waals surface area contributed by atoms with Crippen molar-refractivity contribution in [2.24, 2.45) is 0 Å². The first-order valence-electron chi connectivity index (χ1n) is 6.00. The second kappa shape index (κ2) is 6.69. The molecule has 2 rings (SSSR count). The molecule has 20 heavy (non-hydrogen) atoms. The van der Waals surface area contributed by atoms with Gasteiger partial charge in [0, 0.05) is 0 Å². The molecule has 0 aliphatic rings. The molecule has 0 N–H and O–H groups in total. The van der Waals surface area contributed by atoms with E-state index < -0.39 is 18.8 Å². The topological polar surface area (TPSA) is 17.1 Å². The molecule has 0 aliphatic carbocycles. The Balaban J connectivity index is 2.23. The summed E-state index contributed by atoms with van der Waals surface area (Å²) in [4.78, 5) is 12.2. The third-order valence-electron chi connectivity index (χ3n) is 3.05. The van der Waals surface area contributed by atoms with E-state index >= 15 is 0 Å². The summed E-state index contributed by atoms with van der Waals surface area (Å²) >= 11 is -3.54. The molecule has 0 heterocycles. The fourth-order valence-electron chi connectivity index (χ4n) is 1.81. The van der Waals surface area contributed by atoms with E-state index in [4.69, 9.17) is 26.9 Å². The van der Waals surface area contributed by atoms with Crippen molar-refractivity contribution in [2.75, 3.05) is 0 Å². The van der Waals surface area contributed by atoms with Gasteiger partial charge in [-0.05, 0) is 0 Å². The molecule has 1 atom stereocenters. The summed E-state index contributed by atoms with van der Waals surface area (Å²) in [6.07, 6.45) is 0. The fourth-order valence-corrected chi connectivity index (χ4v) is 4.52. The first-order valence-corrected chi connectivity index (χ1v) is 16.2. The Kier molecular flexibility index (Phi) is 5.40. The number of benzene rings is 2. The van der Waals surface area contributed by atoms with Crippen molar-refractivity contribution >= 4 is 47.5 Å². The van der Waals surface area contributed by atoms with Crippen LogP contribution in [0.4, 0.5) is 0 Å². The Labute approximate surface area is 133 Å². The van der Waals surface area contributed by atoms with E-state index in [9.17, 15) is 4.79 Å². The van der Waals surface area contributed by atoms with Crippen molar-refractivity contribution in [3.63, 3.8) is 0 Å². The van der Waals surface area contributed by atoms with Crippen molar-refractivity contribution < 1.29 is 4.79 Å². The van der Waals surface area contributed by atoms with Crippen LogP contribution in [0.1, 0.15) is 17.3 Å². The van der Waals surface area contributed by atoms with E-state index in [1.165, 1.54) is 0 Å². The Morgan fingerprint density at radius 3 is 1.90 bits per heavy atom. The van der Waals surface area contributed by atoms with Crippen molar-refractivity contribution in [3.05, 3.63) is 60.2 Å². The van der Waals surface area contributed by atoms with E-state index in [1.807, 2.05) is 42.5 Å². The predicted octanol–water partition coefficient (Wildman–Crippen LogP) is 5.58. The van der Waals surface area contributed by atoms with Gasteiger partial charge in [0.15, 0.2) is 0 Å². The van der Waals surface area contributed by atoms with Crippen LogP contribution >= 0.6 is 26.9 Å². The standard InChI is InChI=1S/C15H13Cl3OTe/c1-11(20(16,17)18)15(19)14-9-7-13(8-10-14)12-5-3-2-4-6-12/h2-11H,1H3. The summed E-state index contributed by atoms with van der Waals surface area (Å²) < 4.78 is -0.495. The molecule has 2 aromatic rings. The molecule has 0 fully saturated rings. The predicted molar refractivity (Wildman–Crippen MR) is 88.9 cm³/mol. The number of ketones is 1. The van der Waals surface area contributed by atoms with Gasteiger partial charge in [-0.3, -0.25) is 0 Å². The van der Waals surface area contributed by atoms with Crippen LogP contribution in [0.3, 0.4) is 0 Å². The first-order chi connectivity index (χ1) is 9.39. The van der Waals surface area contributed by atoms with Crippen LogP contribution in [0.2, 0.25) is 3.97 Å². The molecule has 106 valence electrons. The number of carbonyl (C=O) groups is 1. The number of hydrogen-bond donors (Lipinski definition) is 0. The van der Waals surface area contributed by atoms with Crippen molar-refractivity contribution in [1.82, 2.24) is 0 Å². The zero-order valence-corrected chi connectivity index (χ0v) is 15.3. The molecule has 1 unspecified atom stereocenters. The van der Waals surface area contributed by atoms with Crippen LogP contribution < -0.4 is 0 Å². The SMILES string of the molecule is CC(C(=O)c1ccc(-c2ccccc2)cc1)[Te](Cl)(Cl)Cl. The van der Waals surface area contributed by atoms with Crippen molar-refractivity contribution in [2.45, 2.75) is 10.9 Å². The molecule has 0 saturated heterocycles. The van der Waals surface area contributed by atoms with Gasteiger partial charge in [-0.2, -0.15) is 0 Å². The monoisotopic (exact) mass is 444 g/mol. The molecule has 0 radical (unpaired) electrons. The first kappa shape index (κ1) is 16.1. The van der Waals surface area contributed by atoms with Gasteiger partial charge >= 0.3 is 134 Å². The maximum atomic E-state index is 12.2. The number of hydrogen-bond acceptors (Lipinski definition) is 1. The third-order valence-corrected chi connectivity index (χ3v) is 11.3. The zero-order valence-electron chi connectivity index (χ0n) is 10.7. The van der Waals surface area contributed by atoms with E-state index in [-0.39, 0.29) is 5.78 Å². The van der Waals surface area contributed by atoms with E-state index in [2.05, 4.69) is 0 Å². The summed E-state index contributed by atoms with van der Waals surface area (Å²) in [5, 5.41) is 0. The minimum absolute atomic E-state index is 0.0918. The van der Waals surface area contributed by atoms with Crippen LogP contribution in [0, 0.1) is 0 Å². The molecule has 0 spiro atoms. The van der Waals surface area contributed by atoms with Crippen LogP contribution in [0.5, 0.6) is 0 Å². The molecular formula is C15H13Cl3OTe. The average Bonchev–Trinajstić information content (AvgIpc) is 2.46. The van der Waals surface area contributed by atoms with E-state index in [0.717, 1.165) is 11.1 Å². The zero-order chi connectivity index (χ0) is 14.8. The van der Waals surface area contributed by atoms with Crippen LogP contribution in [-0.4, -0.2) is 20.6 Å². The quantitative estimate of drug-likeness (QED) is 0.446. The number of rotatable bonds is 4. The summed E-state index contributed by atoms with van der Waals surface area (Å²) in [6.45, 7) is 1.70. The molecular weight excluding hydrogens is 430 g/mol. The van der Waals surface area contributed by atoms with Gasteiger partial charge in [-0.25, -0.2) is 0 Å². The van der Waals surface area contributed by atoms with Crippen LogP contribution in [0.15, 0.2) is 54.6 Å². The molecule has 1 nitrogen and oxygen atoms in total. The van der Waals surface area contributed by atoms with Gasteiger partial charge < -0.3 is 0 Å². The van der Waals surface area contributed by atoms with Gasteiger partial charge in [0.1, 0.15) is 0 Å². The van der Waals surface area contributed by atoms with Crippen LogP contribution in [0.25, 0.3) is 11.1 Å².